The SMILES string of the molecule is O=C(NCCc1ccccc1)c1ccc(C(=O)Nc2ccccc2)cc1. The van der Waals surface area contributed by atoms with Crippen LogP contribution in [0.15, 0.2) is 84.9 Å². The van der Waals surface area contributed by atoms with Gasteiger partial charge in [-0.2, -0.15) is 0 Å². The number of hydrogen-bond acceptors (Lipinski definition) is 2. The Balaban J connectivity index is 1.53. The molecule has 0 saturated carbocycles. The summed E-state index contributed by atoms with van der Waals surface area (Å²) in [5, 5.41) is 5.72. The number of carbonyl (C=O) groups is 2. The molecule has 0 radical (unpaired) electrons. The highest BCUT2D eigenvalue weighted by atomic mass is 16.2. The van der Waals surface area contributed by atoms with Crippen LogP contribution in [0.3, 0.4) is 0 Å². The second kappa shape index (κ2) is 8.62. The Morgan fingerprint density at radius 2 is 1.19 bits per heavy atom. The largest absolute Gasteiger partial charge is 0.352 e. The van der Waals surface area contributed by atoms with Crippen LogP contribution in [0.4, 0.5) is 5.69 Å². The molecule has 3 aromatic carbocycles. The number of para-hydroxylation sites is 1. The second-order valence-electron chi connectivity index (χ2n) is 5.89. The van der Waals surface area contributed by atoms with Crippen molar-refractivity contribution in [3.05, 3.63) is 102 Å². The summed E-state index contributed by atoms with van der Waals surface area (Å²) in [7, 11) is 0. The lowest BCUT2D eigenvalue weighted by atomic mass is 10.1. The van der Waals surface area contributed by atoms with Gasteiger partial charge in [0.25, 0.3) is 11.8 Å². The molecular formula is C22H20N2O2. The van der Waals surface area contributed by atoms with Gasteiger partial charge < -0.3 is 10.6 Å². The van der Waals surface area contributed by atoms with Crippen molar-refractivity contribution >= 4 is 17.5 Å². The first-order valence-corrected chi connectivity index (χ1v) is 8.51. The molecule has 0 aliphatic carbocycles. The van der Waals surface area contributed by atoms with Crippen molar-refractivity contribution in [2.24, 2.45) is 0 Å². The van der Waals surface area contributed by atoms with Crippen LogP contribution in [-0.2, 0) is 6.42 Å². The number of rotatable bonds is 6. The number of amides is 2. The third-order valence-corrected chi connectivity index (χ3v) is 3.98. The summed E-state index contributed by atoms with van der Waals surface area (Å²) in [6, 6.07) is 25.9. The van der Waals surface area contributed by atoms with Crippen molar-refractivity contribution in [2.45, 2.75) is 6.42 Å². The van der Waals surface area contributed by atoms with Crippen LogP contribution in [0.25, 0.3) is 0 Å². The maximum absolute atomic E-state index is 12.2. The fraction of sp³-hybridized carbons (Fsp3) is 0.0909. The smallest absolute Gasteiger partial charge is 0.255 e. The zero-order valence-electron chi connectivity index (χ0n) is 14.3. The van der Waals surface area contributed by atoms with E-state index in [1.54, 1.807) is 24.3 Å². The Hall–Kier alpha value is -3.40. The predicted molar refractivity (Wildman–Crippen MR) is 103 cm³/mol. The lowest BCUT2D eigenvalue weighted by Gasteiger charge is -2.07. The quantitative estimate of drug-likeness (QED) is 0.712. The Kier molecular flexibility index (Phi) is 5.78. The van der Waals surface area contributed by atoms with Gasteiger partial charge in [0.2, 0.25) is 0 Å². The maximum atomic E-state index is 12.2. The third kappa shape index (κ3) is 4.80. The summed E-state index contributed by atoms with van der Waals surface area (Å²) in [4.78, 5) is 24.4. The van der Waals surface area contributed by atoms with E-state index in [-0.39, 0.29) is 11.8 Å². The van der Waals surface area contributed by atoms with Crippen LogP contribution >= 0.6 is 0 Å². The van der Waals surface area contributed by atoms with Gasteiger partial charge in [-0.05, 0) is 48.4 Å². The molecular weight excluding hydrogens is 324 g/mol. The standard InChI is InChI=1S/C22H20N2O2/c25-21(23-16-15-17-7-3-1-4-8-17)18-11-13-19(14-12-18)22(26)24-20-9-5-2-6-10-20/h1-14H,15-16H2,(H,23,25)(H,24,26). The van der Waals surface area contributed by atoms with Crippen LogP contribution < -0.4 is 10.6 Å². The first-order chi connectivity index (χ1) is 12.7. The molecule has 130 valence electrons. The molecule has 0 aliphatic rings. The van der Waals surface area contributed by atoms with Gasteiger partial charge >= 0.3 is 0 Å². The van der Waals surface area contributed by atoms with E-state index < -0.39 is 0 Å². The van der Waals surface area contributed by atoms with E-state index >= 15 is 0 Å². The van der Waals surface area contributed by atoms with E-state index in [1.807, 2.05) is 60.7 Å². The van der Waals surface area contributed by atoms with Crippen LogP contribution in [0, 0.1) is 0 Å². The van der Waals surface area contributed by atoms with Gasteiger partial charge in [0.15, 0.2) is 0 Å². The summed E-state index contributed by atoms with van der Waals surface area (Å²) in [6.45, 7) is 0.569. The van der Waals surface area contributed by atoms with E-state index in [1.165, 1.54) is 5.56 Å². The topological polar surface area (TPSA) is 58.2 Å². The van der Waals surface area contributed by atoms with Gasteiger partial charge in [0.1, 0.15) is 0 Å². The lowest BCUT2D eigenvalue weighted by molar-refractivity contribution is 0.0952. The van der Waals surface area contributed by atoms with Crippen molar-refractivity contribution in [2.75, 3.05) is 11.9 Å². The number of carbonyl (C=O) groups excluding carboxylic acids is 2. The molecule has 4 nitrogen and oxygen atoms in total. The molecule has 2 N–H and O–H groups in total. The Bertz CT molecular complexity index is 860. The molecule has 0 saturated heterocycles. The highest BCUT2D eigenvalue weighted by Gasteiger charge is 2.09. The van der Waals surface area contributed by atoms with Crippen molar-refractivity contribution in [3.63, 3.8) is 0 Å². The highest BCUT2D eigenvalue weighted by molar-refractivity contribution is 6.05. The third-order valence-electron chi connectivity index (χ3n) is 3.98. The summed E-state index contributed by atoms with van der Waals surface area (Å²) in [5.74, 6) is -0.344. The van der Waals surface area contributed by atoms with Crippen LogP contribution in [0.5, 0.6) is 0 Å². The zero-order chi connectivity index (χ0) is 18.2. The molecule has 3 rings (SSSR count). The average molecular weight is 344 g/mol. The summed E-state index contributed by atoms with van der Waals surface area (Å²) in [6.07, 6.45) is 0.782. The summed E-state index contributed by atoms with van der Waals surface area (Å²) >= 11 is 0. The van der Waals surface area contributed by atoms with Crippen LogP contribution in [-0.4, -0.2) is 18.4 Å². The Morgan fingerprint density at radius 1 is 0.654 bits per heavy atom. The van der Waals surface area contributed by atoms with Gasteiger partial charge in [-0.25, -0.2) is 0 Å². The van der Waals surface area contributed by atoms with E-state index in [0.29, 0.717) is 17.7 Å². The molecule has 3 aromatic rings. The zero-order valence-corrected chi connectivity index (χ0v) is 14.3. The molecule has 0 aliphatic heterocycles. The van der Waals surface area contributed by atoms with E-state index in [9.17, 15) is 9.59 Å². The van der Waals surface area contributed by atoms with Gasteiger partial charge in [-0.15, -0.1) is 0 Å². The molecule has 0 heterocycles. The second-order valence-corrected chi connectivity index (χ2v) is 5.89. The summed E-state index contributed by atoms with van der Waals surface area (Å²) < 4.78 is 0. The van der Waals surface area contributed by atoms with Crippen molar-refractivity contribution in [3.8, 4) is 0 Å². The first kappa shape index (κ1) is 17.4. The van der Waals surface area contributed by atoms with Crippen molar-refractivity contribution < 1.29 is 9.59 Å². The Labute approximate surface area is 152 Å². The molecule has 0 atom stereocenters. The Morgan fingerprint density at radius 3 is 1.81 bits per heavy atom. The minimum atomic E-state index is -0.202. The number of nitrogens with one attached hydrogen (secondary N) is 2. The molecule has 0 bridgehead atoms. The van der Waals surface area contributed by atoms with E-state index in [2.05, 4.69) is 10.6 Å². The summed E-state index contributed by atoms with van der Waals surface area (Å²) in [5.41, 5.74) is 2.96. The van der Waals surface area contributed by atoms with Crippen LogP contribution in [0.1, 0.15) is 26.3 Å². The van der Waals surface area contributed by atoms with Gasteiger partial charge in [-0.3, -0.25) is 9.59 Å². The number of hydrogen-bond donors (Lipinski definition) is 2. The van der Waals surface area contributed by atoms with Crippen LogP contribution in [0.2, 0.25) is 0 Å². The molecule has 0 unspecified atom stereocenters. The van der Waals surface area contributed by atoms with E-state index in [0.717, 1.165) is 12.1 Å². The number of benzene rings is 3. The molecule has 0 spiro atoms. The molecule has 2 amide bonds. The van der Waals surface area contributed by atoms with Gasteiger partial charge in [0.05, 0.1) is 0 Å². The highest BCUT2D eigenvalue weighted by Crippen LogP contribution is 2.10. The maximum Gasteiger partial charge on any atom is 0.255 e. The fourth-order valence-corrected chi connectivity index (χ4v) is 2.56. The average Bonchev–Trinajstić information content (AvgIpc) is 2.69. The number of anilines is 1. The monoisotopic (exact) mass is 344 g/mol. The normalized spacial score (nSPS) is 10.2. The van der Waals surface area contributed by atoms with Gasteiger partial charge in [-0.1, -0.05) is 48.5 Å². The minimum Gasteiger partial charge on any atom is -0.352 e. The lowest BCUT2D eigenvalue weighted by Crippen LogP contribution is -2.25. The van der Waals surface area contributed by atoms with Crippen molar-refractivity contribution in [1.82, 2.24) is 5.32 Å². The molecule has 0 aromatic heterocycles. The fourth-order valence-electron chi connectivity index (χ4n) is 2.56. The van der Waals surface area contributed by atoms with Gasteiger partial charge in [0, 0.05) is 23.4 Å². The predicted octanol–water partition coefficient (Wildman–Crippen LogP) is 3.91. The molecule has 26 heavy (non-hydrogen) atoms. The minimum absolute atomic E-state index is 0.143. The molecule has 0 fully saturated rings. The van der Waals surface area contributed by atoms with Crippen molar-refractivity contribution in [1.29, 1.82) is 0 Å². The first-order valence-electron chi connectivity index (χ1n) is 8.51. The van der Waals surface area contributed by atoms with E-state index in [4.69, 9.17) is 0 Å². The molecule has 4 heteroatoms.